The number of aryl methyl sites for hydroxylation is 2. The highest BCUT2D eigenvalue weighted by Crippen LogP contribution is 2.19. The molecule has 0 aliphatic heterocycles. The average Bonchev–Trinajstić information content (AvgIpc) is 2.35. The van der Waals surface area contributed by atoms with E-state index in [1.54, 1.807) is 11.6 Å². The maximum Gasteiger partial charge on any atom is 0.253 e. The molecule has 1 aromatic heterocycles. The van der Waals surface area contributed by atoms with Crippen LogP contribution in [0.5, 0.6) is 0 Å². The molecule has 0 radical (unpaired) electrons. The molecule has 1 aromatic carbocycles. The van der Waals surface area contributed by atoms with Crippen LogP contribution in [0.2, 0.25) is 0 Å². The van der Waals surface area contributed by atoms with Crippen molar-refractivity contribution in [1.29, 1.82) is 0 Å². The van der Waals surface area contributed by atoms with E-state index in [1.165, 1.54) is 0 Å². The van der Waals surface area contributed by atoms with Crippen LogP contribution in [0.25, 0.3) is 11.1 Å². The quantitative estimate of drug-likeness (QED) is 0.852. The lowest BCUT2D eigenvalue weighted by molar-refractivity contribution is 0.850. The molecule has 0 unspecified atom stereocenters. The van der Waals surface area contributed by atoms with Gasteiger partial charge in [0, 0.05) is 25.4 Å². The highest BCUT2D eigenvalue weighted by Gasteiger charge is 2.02. The Kier molecular flexibility index (Phi) is 3.11. The SMILES string of the molecule is Cc1cc(-c2ccc(CN)cc2)cn(C)c1=O. The first kappa shape index (κ1) is 11.6. The zero-order valence-corrected chi connectivity index (χ0v) is 10.1. The largest absolute Gasteiger partial charge is 0.326 e. The van der Waals surface area contributed by atoms with Crippen LogP contribution in [0.3, 0.4) is 0 Å². The number of nitrogens with two attached hydrogens (primary N) is 1. The average molecular weight is 228 g/mol. The van der Waals surface area contributed by atoms with E-state index < -0.39 is 0 Å². The molecule has 3 heteroatoms. The van der Waals surface area contributed by atoms with Gasteiger partial charge in [0.2, 0.25) is 0 Å². The summed E-state index contributed by atoms with van der Waals surface area (Å²) in [5, 5.41) is 0. The number of aromatic nitrogens is 1. The topological polar surface area (TPSA) is 48.0 Å². The molecule has 0 amide bonds. The second-order valence-electron chi connectivity index (χ2n) is 4.23. The third kappa shape index (κ3) is 2.29. The van der Waals surface area contributed by atoms with Crippen LogP contribution < -0.4 is 11.3 Å². The van der Waals surface area contributed by atoms with Crippen molar-refractivity contribution >= 4 is 0 Å². The van der Waals surface area contributed by atoms with Gasteiger partial charge in [0.05, 0.1) is 0 Å². The van der Waals surface area contributed by atoms with Crippen LogP contribution in [0.4, 0.5) is 0 Å². The van der Waals surface area contributed by atoms with Crippen molar-refractivity contribution in [3.05, 3.63) is 58.0 Å². The molecule has 0 bridgehead atoms. The predicted octanol–water partition coefficient (Wildman–Crippen LogP) is 1.82. The van der Waals surface area contributed by atoms with E-state index in [0.717, 1.165) is 22.3 Å². The maximum absolute atomic E-state index is 11.6. The summed E-state index contributed by atoms with van der Waals surface area (Å²) in [7, 11) is 1.77. The molecule has 17 heavy (non-hydrogen) atoms. The molecule has 0 atom stereocenters. The summed E-state index contributed by atoms with van der Waals surface area (Å²) < 4.78 is 1.61. The predicted molar refractivity (Wildman–Crippen MR) is 69.7 cm³/mol. The summed E-state index contributed by atoms with van der Waals surface area (Å²) in [6.45, 7) is 2.38. The molecule has 0 spiro atoms. The highest BCUT2D eigenvalue weighted by molar-refractivity contribution is 5.63. The fraction of sp³-hybridized carbons (Fsp3) is 0.214. The van der Waals surface area contributed by atoms with Gasteiger partial charge >= 0.3 is 0 Å². The summed E-state index contributed by atoms with van der Waals surface area (Å²) >= 11 is 0. The third-order valence-electron chi connectivity index (χ3n) is 2.89. The van der Waals surface area contributed by atoms with E-state index in [4.69, 9.17) is 5.73 Å². The van der Waals surface area contributed by atoms with Gasteiger partial charge in [-0.15, -0.1) is 0 Å². The van der Waals surface area contributed by atoms with Gasteiger partial charge in [-0.2, -0.15) is 0 Å². The molecular weight excluding hydrogens is 212 g/mol. The van der Waals surface area contributed by atoms with E-state index in [0.29, 0.717) is 6.54 Å². The fourth-order valence-corrected chi connectivity index (χ4v) is 1.87. The Hall–Kier alpha value is -1.87. The minimum Gasteiger partial charge on any atom is -0.326 e. The Morgan fingerprint density at radius 3 is 2.35 bits per heavy atom. The first-order valence-corrected chi connectivity index (χ1v) is 5.58. The first-order valence-electron chi connectivity index (χ1n) is 5.58. The smallest absolute Gasteiger partial charge is 0.253 e. The van der Waals surface area contributed by atoms with Crippen LogP contribution in [-0.4, -0.2) is 4.57 Å². The highest BCUT2D eigenvalue weighted by atomic mass is 16.1. The summed E-state index contributed by atoms with van der Waals surface area (Å²) in [6.07, 6.45) is 1.85. The second kappa shape index (κ2) is 4.55. The number of nitrogens with zero attached hydrogens (tertiary/aromatic N) is 1. The zero-order valence-electron chi connectivity index (χ0n) is 10.1. The van der Waals surface area contributed by atoms with Gasteiger partial charge in [-0.1, -0.05) is 24.3 Å². The standard InChI is InChI=1S/C14H16N2O/c1-10-7-13(9-16(2)14(10)17)12-5-3-11(8-15)4-6-12/h3-7,9H,8,15H2,1-2H3. The normalized spacial score (nSPS) is 10.5. The van der Waals surface area contributed by atoms with Gasteiger partial charge in [0.25, 0.3) is 5.56 Å². The Morgan fingerprint density at radius 1 is 1.18 bits per heavy atom. The van der Waals surface area contributed by atoms with E-state index in [-0.39, 0.29) is 5.56 Å². The van der Waals surface area contributed by atoms with E-state index in [9.17, 15) is 4.79 Å². The van der Waals surface area contributed by atoms with E-state index >= 15 is 0 Å². The molecule has 0 aliphatic rings. The number of pyridine rings is 1. The molecule has 0 saturated carbocycles. The summed E-state index contributed by atoms with van der Waals surface area (Å²) in [5.41, 5.74) is 9.62. The number of rotatable bonds is 2. The van der Waals surface area contributed by atoms with Crippen molar-refractivity contribution in [2.24, 2.45) is 12.8 Å². The van der Waals surface area contributed by atoms with Crippen molar-refractivity contribution < 1.29 is 0 Å². The van der Waals surface area contributed by atoms with Gasteiger partial charge in [-0.25, -0.2) is 0 Å². The zero-order chi connectivity index (χ0) is 12.4. The summed E-state index contributed by atoms with van der Waals surface area (Å²) in [6, 6.07) is 9.99. The molecule has 2 rings (SSSR count). The lowest BCUT2D eigenvalue weighted by atomic mass is 10.0. The molecule has 2 aromatic rings. The van der Waals surface area contributed by atoms with Crippen molar-refractivity contribution in [3.8, 4) is 11.1 Å². The van der Waals surface area contributed by atoms with Gasteiger partial charge in [0.1, 0.15) is 0 Å². The molecule has 3 nitrogen and oxygen atoms in total. The lowest BCUT2D eigenvalue weighted by Gasteiger charge is -2.07. The lowest BCUT2D eigenvalue weighted by Crippen LogP contribution is -2.18. The van der Waals surface area contributed by atoms with E-state index in [1.807, 2.05) is 43.5 Å². The van der Waals surface area contributed by atoms with Crippen LogP contribution in [0.1, 0.15) is 11.1 Å². The number of benzene rings is 1. The Balaban J connectivity index is 2.49. The van der Waals surface area contributed by atoms with Gasteiger partial charge < -0.3 is 10.3 Å². The summed E-state index contributed by atoms with van der Waals surface area (Å²) in [4.78, 5) is 11.6. The van der Waals surface area contributed by atoms with Crippen molar-refractivity contribution in [2.45, 2.75) is 13.5 Å². The van der Waals surface area contributed by atoms with Crippen molar-refractivity contribution in [1.82, 2.24) is 4.57 Å². The fourth-order valence-electron chi connectivity index (χ4n) is 1.87. The van der Waals surface area contributed by atoms with Crippen molar-refractivity contribution in [2.75, 3.05) is 0 Å². The van der Waals surface area contributed by atoms with Crippen LogP contribution in [0.15, 0.2) is 41.3 Å². The second-order valence-corrected chi connectivity index (χ2v) is 4.23. The van der Waals surface area contributed by atoms with Crippen molar-refractivity contribution in [3.63, 3.8) is 0 Å². The summed E-state index contributed by atoms with van der Waals surface area (Å²) in [5.74, 6) is 0. The van der Waals surface area contributed by atoms with E-state index in [2.05, 4.69) is 0 Å². The Morgan fingerprint density at radius 2 is 1.82 bits per heavy atom. The molecule has 0 saturated heterocycles. The minimum absolute atomic E-state index is 0.0485. The molecule has 2 N–H and O–H groups in total. The molecule has 0 fully saturated rings. The maximum atomic E-state index is 11.6. The first-order chi connectivity index (χ1) is 8.11. The number of hydrogen-bond donors (Lipinski definition) is 1. The Bertz CT molecular complexity index is 556. The monoisotopic (exact) mass is 228 g/mol. The van der Waals surface area contributed by atoms with Crippen LogP contribution >= 0.6 is 0 Å². The van der Waals surface area contributed by atoms with Gasteiger partial charge in [-0.3, -0.25) is 4.79 Å². The van der Waals surface area contributed by atoms with Gasteiger partial charge in [-0.05, 0) is 29.7 Å². The molecule has 0 aliphatic carbocycles. The molecular formula is C14H16N2O. The van der Waals surface area contributed by atoms with Crippen LogP contribution in [-0.2, 0) is 13.6 Å². The van der Waals surface area contributed by atoms with Crippen LogP contribution in [0, 0.1) is 6.92 Å². The molecule has 1 heterocycles. The van der Waals surface area contributed by atoms with Gasteiger partial charge in [0.15, 0.2) is 0 Å². The number of hydrogen-bond acceptors (Lipinski definition) is 2. The Labute approximate surface area is 101 Å². The minimum atomic E-state index is 0.0485. The third-order valence-corrected chi connectivity index (χ3v) is 2.89. The molecule has 88 valence electrons.